The van der Waals surface area contributed by atoms with Crippen molar-refractivity contribution in [3.8, 4) is 0 Å². The fraction of sp³-hybridized carbons (Fsp3) is 0.350. The van der Waals surface area contributed by atoms with Crippen LogP contribution in [0.5, 0.6) is 0 Å². The maximum atomic E-state index is 12.2. The van der Waals surface area contributed by atoms with Gasteiger partial charge in [0.25, 0.3) is 0 Å². The Bertz CT molecular complexity index is 986. The maximum absolute atomic E-state index is 12.2. The van der Waals surface area contributed by atoms with Crippen molar-refractivity contribution < 1.29 is 17.9 Å². The van der Waals surface area contributed by atoms with Gasteiger partial charge in [0.1, 0.15) is 6.61 Å². The van der Waals surface area contributed by atoms with Gasteiger partial charge in [-0.25, -0.2) is 4.99 Å². The molecular formula is C20H23F3N6O. The minimum atomic E-state index is -4.33. The molecule has 30 heavy (non-hydrogen) atoms. The van der Waals surface area contributed by atoms with Crippen molar-refractivity contribution in [3.05, 3.63) is 65.6 Å². The van der Waals surface area contributed by atoms with E-state index < -0.39 is 12.8 Å². The van der Waals surface area contributed by atoms with Crippen molar-refractivity contribution in [1.29, 1.82) is 0 Å². The van der Waals surface area contributed by atoms with Gasteiger partial charge in [-0.1, -0.05) is 30.3 Å². The number of hydrogen-bond acceptors (Lipinski definition) is 4. The topological polar surface area (TPSA) is 75.8 Å². The molecule has 0 aliphatic carbocycles. The Labute approximate surface area is 172 Å². The lowest BCUT2D eigenvalue weighted by Crippen LogP contribution is -2.37. The van der Waals surface area contributed by atoms with Crippen LogP contribution in [-0.2, 0) is 24.4 Å². The summed E-state index contributed by atoms with van der Waals surface area (Å²) in [6.45, 7) is 2.07. The van der Waals surface area contributed by atoms with E-state index >= 15 is 0 Å². The lowest BCUT2D eigenvalue weighted by molar-refractivity contribution is -0.176. The molecule has 0 fully saturated rings. The molecule has 0 bridgehead atoms. The first-order valence-electron chi connectivity index (χ1n) is 9.48. The van der Waals surface area contributed by atoms with Crippen LogP contribution in [0, 0.1) is 0 Å². The van der Waals surface area contributed by atoms with Crippen LogP contribution in [0.4, 0.5) is 13.2 Å². The fourth-order valence-corrected chi connectivity index (χ4v) is 2.79. The van der Waals surface area contributed by atoms with E-state index in [1.165, 1.54) is 0 Å². The number of benzene rings is 1. The lowest BCUT2D eigenvalue weighted by Gasteiger charge is -2.11. The highest BCUT2D eigenvalue weighted by Crippen LogP contribution is 2.16. The zero-order valence-corrected chi connectivity index (χ0v) is 16.5. The second kappa shape index (κ2) is 10.1. The molecule has 2 aromatic heterocycles. The second-order valence-electron chi connectivity index (χ2n) is 6.52. The summed E-state index contributed by atoms with van der Waals surface area (Å²) in [4.78, 5) is 4.54. The summed E-state index contributed by atoms with van der Waals surface area (Å²) in [5.41, 5.74) is 2.30. The van der Waals surface area contributed by atoms with Crippen LogP contribution in [0.15, 0.2) is 53.7 Å². The van der Waals surface area contributed by atoms with Crippen molar-refractivity contribution in [2.75, 3.05) is 13.2 Å². The molecule has 10 heteroatoms. The van der Waals surface area contributed by atoms with Crippen LogP contribution in [0.3, 0.4) is 0 Å². The number of aromatic nitrogens is 3. The molecule has 0 unspecified atom stereocenters. The largest absolute Gasteiger partial charge is 0.411 e. The molecule has 0 saturated carbocycles. The Morgan fingerprint density at radius 2 is 1.93 bits per heavy atom. The van der Waals surface area contributed by atoms with E-state index in [2.05, 4.69) is 25.8 Å². The molecular weight excluding hydrogens is 397 g/mol. The predicted molar refractivity (Wildman–Crippen MR) is 107 cm³/mol. The summed E-state index contributed by atoms with van der Waals surface area (Å²) in [5.74, 6) is 1.35. The van der Waals surface area contributed by atoms with Gasteiger partial charge in [0.05, 0.1) is 19.7 Å². The van der Waals surface area contributed by atoms with E-state index in [1.54, 1.807) is 18.2 Å². The minimum absolute atomic E-state index is 0.102. The zero-order valence-electron chi connectivity index (χ0n) is 16.5. The molecule has 0 aliphatic heterocycles. The standard InChI is InChI=1S/C20H23F3N6O/c1-2-24-19(26-12-18-28-27-17-8-3-4-9-29(17)18)25-11-15-6-5-7-16(10-15)13-30-14-20(21,22)23/h3-10H,2,11-14H2,1H3,(H2,24,25,26). The smallest absolute Gasteiger partial charge is 0.367 e. The molecule has 0 radical (unpaired) electrons. The summed E-state index contributed by atoms with van der Waals surface area (Å²) in [6.07, 6.45) is -2.44. The van der Waals surface area contributed by atoms with Crippen molar-refractivity contribution >= 4 is 11.6 Å². The molecule has 0 aliphatic rings. The number of hydrogen-bond donors (Lipinski definition) is 2. The Balaban J connectivity index is 1.59. The van der Waals surface area contributed by atoms with Crippen LogP contribution in [0.2, 0.25) is 0 Å². The third-order valence-corrected chi connectivity index (χ3v) is 4.09. The lowest BCUT2D eigenvalue weighted by atomic mass is 10.1. The van der Waals surface area contributed by atoms with Crippen molar-refractivity contribution in [2.45, 2.75) is 32.8 Å². The molecule has 2 heterocycles. The van der Waals surface area contributed by atoms with Gasteiger partial charge in [0.15, 0.2) is 17.4 Å². The summed E-state index contributed by atoms with van der Waals surface area (Å²) in [6, 6.07) is 12.8. The van der Waals surface area contributed by atoms with E-state index in [0.29, 0.717) is 31.2 Å². The minimum Gasteiger partial charge on any atom is -0.367 e. The Hall–Kier alpha value is -3.14. The number of guanidine groups is 1. The summed E-state index contributed by atoms with van der Waals surface area (Å²) >= 11 is 0. The molecule has 7 nitrogen and oxygen atoms in total. The number of ether oxygens (including phenoxy) is 1. The van der Waals surface area contributed by atoms with E-state index in [0.717, 1.165) is 17.0 Å². The average Bonchev–Trinajstić information content (AvgIpc) is 3.13. The number of alkyl halides is 3. The number of rotatable bonds is 8. The number of fused-ring (bicyclic) bond motifs is 1. The molecule has 3 rings (SSSR count). The van der Waals surface area contributed by atoms with Crippen molar-refractivity contribution in [2.24, 2.45) is 4.99 Å². The third kappa shape index (κ3) is 6.45. The summed E-state index contributed by atoms with van der Waals surface area (Å²) < 4.78 is 43.2. The van der Waals surface area contributed by atoms with Crippen LogP contribution >= 0.6 is 0 Å². The third-order valence-electron chi connectivity index (χ3n) is 4.09. The van der Waals surface area contributed by atoms with Gasteiger partial charge >= 0.3 is 6.18 Å². The Morgan fingerprint density at radius 1 is 1.10 bits per heavy atom. The van der Waals surface area contributed by atoms with Gasteiger partial charge in [-0.05, 0) is 30.2 Å². The molecule has 0 amide bonds. The number of aliphatic imine (C=N–C) groups is 1. The van der Waals surface area contributed by atoms with Gasteiger partial charge < -0.3 is 15.4 Å². The van der Waals surface area contributed by atoms with Gasteiger partial charge in [0.2, 0.25) is 0 Å². The van der Waals surface area contributed by atoms with Gasteiger partial charge in [-0.3, -0.25) is 4.40 Å². The SMILES string of the molecule is CCNC(=NCc1cccc(COCC(F)(F)F)c1)NCc1nnc2ccccn12. The quantitative estimate of drug-likeness (QED) is 0.433. The molecule has 0 atom stereocenters. The number of pyridine rings is 1. The first-order chi connectivity index (χ1) is 14.4. The van der Waals surface area contributed by atoms with Crippen molar-refractivity contribution in [1.82, 2.24) is 25.2 Å². The summed E-state index contributed by atoms with van der Waals surface area (Å²) in [5, 5.41) is 14.7. The highest BCUT2D eigenvalue weighted by molar-refractivity contribution is 5.79. The summed E-state index contributed by atoms with van der Waals surface area (Å²) in [7, 11) is 0. The second-order valence-corrected chi connectivity index (χ2v) is 6.52. The van der Waals surface area contributed by atoms with Gasteiger partial charge in [-0.15, -0.1) is 10.2 Å². The maximum Gasteiger partial charge on any atom is 0.411 e. The number of halogens is 3. The highest BCUT2D eigenvalue weighted by Gasteiger charge is 2.27. The monoisotopic (exact) mass is 420 g/mol. The fourth-order valence-electron chi connectivity index (χ4n) is 2.79. The van der Waals surface area contributed by atoms with Crippen LogP contribution in [0.1, 0.15) is 23.9 Å². The Morgan fingerprint density at radius 3 is 2.73 bits per heavy atom. The molecule has 2 N–H and O–H groups in total. The van der Waals surface area contributed by atoms with Crippen molar-refractivity contribution in [3.63, 3.8) is 0 Å². The normalized spacial score (nSPS) is 12.3. The molecule has 0 saturated heterocycles. The first kappa shape index (κ1) is 21.6. The molecule has 3 aromatic rings. The molecule has 0 spiro atoms. The molecule has 160 valence electrons. The number of nitrogens with one attached hydrogen (secondary N) is 2. The predicted octanol–water partition coefficient (Wildman–Crippen LogP) is 3.06. The first-order valence-corrected chi connectivity index (χ1v) is 9.48. The average molecular weight is 420 g/mol. The van der Waals surface area contributed by atoms with E-state index in [-0.39, 0.29) is 6.61 Å². The Kier molecular flexibility index (Phi) is 7.23. The highest BCUT2D eigenvalue weighted by atomic mass is 19.4. The zero-order chi connectivity index (χ0) is 21.4. The van der Waals surface area contributed by atoms with Gasteiger partial charge in [0, 0.05) is 12.7 Å². The van der Waals surface area contributed by atoms with Gasteiger partial charge in [-0.2, -0.15) is 13.2 Å². The van der Waals surface area contributed by atoms with Crippen LogP contribution in [-0.4, -0.2) is 39.9 Å². The van der Waals surface area contributed by atoms with E-state index in [1.807, 2.05) is 41.8 Å². The number of nitrogens with zero attached hydrogens (tertiary/aromatic N) is 4. The van der Waals surface area contributed by atoms with Crippen LogP contribution in [0.25, 0.3) is 5.65 Å². The van der Waals surface area contributed by atoms with E-state index in [9.17, 15) is 13.2 Å². The molecule has 1 aromatic carbocycles. The van der Waals surface area contributed by atoms with Crippen LogP contribution < -0.4 is 10.6 Å². The van der Waals surface area contributed by atoms with E-state index in [4.69, 9.17) is 4.74 Å².